The molecule has 4 amide bonds. The quantitative estimate of drug-likeness (QED) is 0.254. The number of nitrogens with zero attached hydrogens (tertiary/aromatic N) is 1. The van der Waals surface area contributed by atoms with Gasteiger partial charge in [0.05, 0.1) is 19.4 Å². The molecule has 0 unspecified atom stereocenters. The summed E-state index contributed by atoms with van der Waals surface area (Å²) in [4.78, 5) is 38.7. The average molecular weight is 594 g/mol. The molecule has 1 aromatic heterocycles. The Labute approximate surface area is 224 Å². The van der Waals surface area contributed by atoms with Crippen LogP contribution in [0, 0.1) is 0 Å². The Morgan fingerprint density at radius 2 is 1.86 bits per heavy atom. The molecule has 36 heavy (non-hydrogen) atoms. The van der Waals surface area contributed by atoms with Crippen LogP contribution in [0.4, 0.5) is 4.79 Å². The molecule has 0 bridgehead atoms. The van der Waals surface area contributed by atoms with Gasteiger partial charge in [0.2, 0.25) is 0 Å². The van der Waals surface area contributed by atoms with Gasteiger partial charge in [-0.2, -0.15) is 0 Å². The van der Waals surface area contributed by atoms with E-state index in [0.717, 1.165) is 10.5 Å². The summed E-state index contributed by atoms with van der Waals surface area (Å²) in [6.07, 6.45) is 2.81. The SMILES string of the molecule is CCOc1cc(/C=C2\C(=O)NC(=O)N(Cc3ccco3)C2=O)c(Br)cc1OCc1ccc(Cl)cc1Cl. The molecule has 0 atom stereocenters. The lowest BCUT2D eigenvalue weighted by Crippen LogP contribution is -2.53. The molecule has 4 rings (SSSR count). The largest absolute Gasteiger partial charge is 0.490 e. The number of hydrogen-bond donors (Lipinski definition) is 1. The van der Waals surface area contributed by atoms with Crippen LogP contribution in [0.3, 0.4) is 0 Å². The van der Waals surface area contributed by atoms with Crippen molar-refractivity contribution in [2.24, 2.45) is 0 Å². The molecule has 1 N–H and O–H groups in total. The van der Waals surface area contributed by atoms with Crippen molar-refractivity contribution in [2.75, 3.05) is 6.61 Å². The number of halogens is 3. The smallest absolute Gasteiger partial charge is 0.331 e. The molecule has 1 aliphatic rings. The highest BCUT2D eigenvalue weighted by Crippen LogP contribution is 2.36. The Balaban J connectivity index is 1.62. The van der Waals surface area contributed by atoms with Gasteiger partial charge in [0.25, 0.3) is 11.8 Å². The normalized spacial score (nSPS) is 14.8. The van der Waals surface area contributed by atoms with Crippen LogP contribution >= 0.6 is 39.1 Å². The third-order valence-electron chi connectivity index (χ3n) is 5.14. The van der Waals surface area contributed by atoms with Gasteiger partial charge < -0.3 is 13.9 Å². The Morgan fingerprint density at radius 3 is 2.56 bits per heavy atom. The van der Waals surface area contributed by atoms with Crippen LogP contribution in [0.5, 0.6) is 11.5 Å². The molecule has 3 aromatic rings. The van der Waals surface area contributed by atoms with Gasteiger partial charge in [-0.1, -0.05) is 45.2 Å². The lowest BCUT2D eigenvalue weighted by atomic mass is 10.1. The second-order valence-electron chi connectivity index (χ2n) is 7.57. The Morgan fingerprint density at radius 1 is 1.08 bits per heavy atom. The van der Waals surface area contributed by atoms with Crippen molar-refractivity contribution in [3.8, 4) is 11.5 Å². The second-order valence-corrected chi connectivity index (χ2v) is 9.26. The Kier molecular flexibility index (Phi) is 8.03. The van der Waals surface area contributed by atoms with Crippen LogP contribution in [0.1, 0.15) is 23.8 Å². The zero-order chi connectivity index (χ0) is 25.8. The molecule has 186 valence electrons. The molecule has 2 heterocycles. The van der Waals surface area contributed by atoms with E-state index in [1.165, 1.54) is 12.3 Å². The minimum absolute atomic E-state index is 0.117. The van der Waals surface area contributed by atoms with Gasteiger partial charge in [-0.25, -0.2) is 4.79 Å². The van der Waals surface area contributed by atoms with E-state index in [1.54, 1.807) is 42.5 Å². The molecule has 1 saturated heterocycles. The highest BCUT2D eigenvalue weighted by molar-refractivity contribution is 9.10. The van der Waals surface area contributed by atoms with Gasteiger partial charge in [0.1, 0.15) is 17.9 Å². The lowest BCUT2D eigenvalue weighted by molar-refractivity contribution is -0.130. The number of urea groups is 1. The topological polar surface area (TPSA) is 98.1 Å². The third kappa shape index (κ3) is 5.75. The van der Waals surface area contributed by atoms with E-state index in [4.69, 9.17) is 37.1 Å². The fourth-order valence-corrected chi connectivity index (χ4v) is 4.29. The first-order valence-electron chi connectivity index (χ1n) is 10.7. The molecular weight excluding hydrogens is 575 g/mol. The number of carbonyl (C=O) groups excluding carboxylic acids is 3. The third-order valence-corrected chi connectivity index (χ3v) is 6.41. The number of nitrogens with one attached hydrogen (secondary N) is 1. The summed E-state index contributed by atoms with van der Waals surface area (Å²) in [6, 6.07) is 10.8. The van der Waals surface area contributed by atoms with Crippen molar-refractivity contribution in [2.45, 2.75) is 20.1 Å². The number of barbiturate groups is 1. The van der Waals surface area contributed by atoms with Gasteiger partial charge in [-0.15, -0.1) is 0 Å². The number of furan rings is 1. The molecule has 0 radical (unpaired) electrons. The summed E-state index contributed by atoms with van der Waals surface area (Å²) in [5, 5.41) is 3.17. The molecular formula is C25H19BrCl2N2O6. The van der Waals surface area contributed by atoms with E-state index >= 15 is 0 Å². The van der Waals surface area contributed by atoms with Crippen LogP contribution in [-0.2, 0) is 22.7 Å². The number of rotatable bonds is 8. The Bertz CT molecular complexity index is 1360. The lowest BCUT2D eigenvalue weighted by Gasteiger charge is -2.25. The van der Waals surface area contributed by atoms with Crippen molar-refractivity contribution in [1.82, 2.24) is 10.2 Å². The monoisotopic (exact) mass is 592 g/mol. The summed E-state index contributed by atoms with van der Waals surface area (Å²) in [7, 11) is 0. The number of benzene rings is 2. The van der Waals surface area contributed by atoms with E-state index in [9.17, 15) is 14.4 Å². The van der Waals surface area contributed by atoms with Crippen molar-refractivity contribution >= 4 is 63.1 Å². The molecule has 0 aliphatic carbocycles. The summed E-state index contributed by atoms with van der Waals surface area (Å²) in [6.45, 7) is 2.21. The average Bonchev–Trinajstić information content (AvgIpc) is 3.34. The van der Waals surface area contributed by atoms with Crippen LogP contribution in [0.25, 0.3) is 6.08 Å². The van der Waals surface area contributed by atoms with Gasteiger partial charge in [-0.3, -0.25) is 19.8 Å². The summed E-state index contributed by atoms with van der Waals surface area (Å²) in [5.74, 6) is -0.337. The molecule has 1 aliphatic heterocycles. The van der Waals surface area contributed by atoms with Crippen LogP contribution < -0.4 is 14.8 Å². The molecule has 11 heteroatoms. The fourth-order valence-electron chi connectivity index (χ4n) is 3.39. The summed E-state index contributed by atoms with van der Waals surface area (Å²) < 4.78 is 17.4. The number of imide groups is 2. The maximum absolute atomic E-state index is 13.0. The van der Waals surface area contributed by atoms with Crippen molar-refractivity contribution in [1.29, 1.82) is 0 Å². The van der Waals surface area contributed by atoms with Crippen LogP contribution in [-0.4, -0.2) is 29.4 Å². The number of amides is 4. The molecule has 8 nitrogen and oxygen atoms in total. The fraction of sp³-hybridized carbons (Fsp3) is 0.160. The second kappa shape index (κ2) is 11.2. The minimum atomic E-state index is -0.822. The van der Waals surface area contributed by atoms with Crippen molar-refractivity contribution < 1.29 is 28.3 Å². The van der Waals surface area contributed by atoms with Gasteiger partial charge >= 0.3 is 6.03 Å². The van der Waals surface area contributed by atoms with E-state index < -0.39 is 17.8 Å². The predicted octanol–water partition coefficient (Wildman–Crippen LogP) is 5.99. The highest BCUT2D eigenvalue weighted by Gasteiger charge is 2.36. The Hall–Kier alpha value is -3.27. The number of ether oxygens (including phenoxy) is 2. The molecule has 2 aromatic carbocycles. The maximum atomic E-state index is 13.0. The molecule has 1 fully saturated rings. The first kappa shape index (κ1) is 25.8. The molecule has 0 saturated carbocycles. The van der Waals surface area contributed by atoms with E-state index in [1.807, 2.05) is 6.92 Å². The van der Waals surface area contributed by atoms with Crippen molar-refractivity contribution in [3.05, 3.63) is 85.7 Å². The number of carbonyl (C=O) groups is 3. The van der Waals surface area contributed by atoms with Gasteiger partial charge in [0.15, 0.2) is 11.5 Å². The minimum Gasteiger partial charge on any atom is -0.490 e. The van der Waals surface area contributed by atoms with Gasteiger partial charge in [0, 0.05) is 20.1 Å². The molecule has 0 spiro atoms. The zero-order valence-electron chi connectivity index (χ0n) is 18.8. The summed E-state index contributed by atoms with van der Waals surface area (Å²) >= 11 is 15.7. The summed E-state index contributed by atoms with van der Waals surface area (Å²) in [5.41, 5.74) is 0.990. The number of hydrogen-bond acceptors (Lipinski definition) is 6. The standard InChI is InChI=1S/C25H19BrCl2N2O6/c1-2-34-21-9-15(19(26)11-22(21)36-13-14-5-6-16(27)10-20(14)28)8-18-23(31)29-25(33)30(24(18)32)12-17-4-3-7-35-17/h3-11H,2,12-13H2,1H3,(H,29,31,33)/b18-8+. The van der Waals surface area contributed by atoms with Crippen molar-refractivity contribution in [3.63, 3.8) is 0 Å². The predicted molar refractivity (Wildman–Crippen MR) is 137 cm³/mol. The van der Waals surface area contributed by atoms with E-state index in [0.29, 0.717) is 43.9 Å². The maximum Gasteiger partial charge on any atom is 0.331 e. The van der Waals surface area contributed by atoms with Crippen LogP contribution in [0.15, 0.2) is 63.2 Å². The first-order chi connectivity index (χ1) is 17.3. The highest BCUT2D eigenvalue weighted by atomic mass is 79.9. The first-order valence-corrected chi connectivity index (χ1v) is 12.3. The van der Waals surface area contributed by atoms with Gasteiger partial charge in [-0.05, 0) is 55.0 Å². The van der Waals surface area contributed by atoms with Crippen LogP contribution in [0.2, 0.25) is 10.0 Å². The van der Waals surface area contributed by atoms with E-state index in [-0.39, 0.29) is 18.7 Å². The van der Waals surface area contributed by atoms with E-state index in [2.05, 4.69) is 21.2 Å². The zero-order valence-corrected chi connectivity index (χ0v) is 21.9.